The SMILES string of the molecule is CCNC(Cc1cc(F)cc(Br)c1)C1CSC(C)C(C)S1. The van der Waals surface area contributed by atoms with Crippen molar-refractivity contribution < 1.29 is 4.39 Å². The molecule has 1 N–H and O–H groups in total. The largest absolute Gasteiger partial charge is 0.313 e. The van der Waals surface area contributed by atoms with Crippen molar-refractivity contribution in [3.63, 3.8) is 0 Å². The van der Waals surface area contributed by atoms with Crippen LogP contribution < -0.4 is 5.32 Å². The average molecular weight is 392 g/mol. The zero-order valence-corrected chi connectivity index (χ0v) is 16.0. The molecule has 0 bridgehead atoms. The van der Waals surface area contributed by atoms with Gasteiger partial charge in [-0.25, -0.2) is 4.39 Å². The lowest BCUT2D eigenvalue weighted by molar-refractivity contribution is 0.518. The van der Waals surface area contributed by atoms with Crippen molar-refractivity contribution in [2.24, 2.45) is 0 Å². The summed E-state index contributed by atoms with van der Waals surface area (Å²) in [7, 11) is 0. The standard InChI is InChI=1S/C16H23BrFNS2/c1-4-19-15(16-9-20-10(2)11(3)21-16)7-12-5-13(17)8-14(18)6-12/h5-6,8,10-11,15-16,19H,4,7,9H2,1-3H3. The molecule has 0 aliphatic carbocycles. The fourth-order valence-electron chi connectivity index (χ4n) is 2.60. The Morgan fingerprint density at radius 3 is 2.71 bits per heavy atom. The first-order valence-electron chi connectivity index (χ1n) is 7.45. The zero-order chi connectivity index (χ0) is 15.4. The van der Waals surface area contributed by atoms with Crippen molar-refractivity contribution in [1.29, 1.82) is 0 Å². The van der Waals surface area contributed by atoms with Crippen molar-refractivity contribution in [3.05, 3.63) is 34.1 Å². The second-order valence-electron chi connectivity index (χ2n) is 5.56. The van der Waals surface area contributed by atoms with E-state index in [0.29, 0.717) is 16.5 Å². The van der Waals surface area contributed by atoms with Gasteiger partial charge in [0.2, 0.25) is 0 Å². The fraction of sp³-hybridized carbons (Fsp3) is 0.625. The minimum atomic E-state index is -0.165. The highest BCUT2D eigenvalue weighted by atomic mass is 79.9. The van der Waals surface area contributed by atoms with Crippen LogP contribution in [0.3, 0.4) is 0 Å². The van der Waals surface area contributed by atoms with Crippen molar-refractivity contribution in [2.75, 3.05) is 12.3 Å². The fourth-order valence-corrected chi connectivity index (χ4v) is 6.24. The Morgan fingerprint density at radius 1 is 1.33 bits per heavy atom. The van der Waals surface area contributed by atoms with E-state index in [1.165, 1.54) is 11.8 Å². The molecule has 0 saturated carbocycles. The first-order chi connectivity index (χ1) is 9.99. The molecule has 1 fully saturated rings. The molecule has 1 aliphatic heterocycles. The summed E-state index contributed by atoms with van der Waals surface area (Å²) >= 11 is 7.53. The summed E-state index contributed by atoms with van der Waals surface area (Å²) < 4.78 is 14.4. The van der Waals surface area contributed by atoms with E-state index in [2.05, 4.69) is 65.5 Å². The summed E-state index contributed by atoms with van der Waals surface area (Å²) in [5.74, 6) is 1.01. The van der Waals surface area contributed by atoms with E-state index in [0.717, 1.165) is 28.3 Å². The number of hydrogen-bond donors (Lipinski definition) is 1. The Hall–Kier alpha value is 0.290. The molecule has 1 aliphatic rings. The summed E-state index contributed by atoms with van der Waals surface area (Å²) in [6, 6.07) is 5.60. The lowest BCUT2D eigenvalue weighted by Gasteiger charge is -2.36. The van der Waals surface area contributed by atoms with Crippen LogP contribution in [0.15, 0.2) is 22.7 Å². The molecule has 118 valence electrons. The van der Waals surface area contributed by atoms with Crippen molar-refractivity contribution in [3.8, 4) is 0 Å². The van der Waals surface area contributed by atoms with E-state index in [-0.39, 0.29) is 5.82 Å². The van der Waals surface area contributed by atoms with Gasteiger partial charge < -0.3 is 5.32 Å². The van der Waals surface area contributed by atoms with Crippen LogP contribution in [-0.2, 0) is 6.42 Å². The van der Waals surface area contributed by atoms with Gasteiger partial charge in [0.25, 0.3) is 0 Å². The second kappa shape index (κ2) is 8.23. The van der Waals surface area contributed by atoms with Gasteiger partial charge in [0.15, 0.2) is 0 Å². The van der Waals surface area contributed by atoms with Crippen LogP contribution >= 0.6 is 39.5 Å². The van der Waals surface area contributed by atoms with Crippen molar-refractivity contribution >= 4 is 39.5 Å². The first-order valence-corrected chi connectivity index (χ1v) is 10.2. The first kappa shape index (κ1) is 17.6. The number of nitrogens with one attached hydrogen (secondary N) is 1. The van der Waals surface area contributed by atoms with Gasteiger partial charge in [-0.2, -0.15) is 23.5 Å². The molecular weight excluding hydrogens is 369 g/mol. The van der Waals surface area contributed by atoms with Gasteiger partial charge in [-0.1, -0.05) is 36.7 Å². The van der Waals surface area contributed by atoms with Crippen LogP contribution in [-0.4, -0.2) is 34.1 Å². The van der Waals surface area contributed by atoms with E-state index in [1.807, 2.05) is 6.07 Å². The highest BCUT2D eigenvalue weighted by Crippen LogP contribution is 2.37. The average Bonchev–Trinajstić information content (AvgIpc) is 2.40. The molecule has 0 spiro atoms. The van der Waals surface area contributed by atoms with E-state index >= 15 is 0 Å². The molecule has 5 heteroatoms. The number of rotatable bonds is 5. The van der Waals surface area contributed by atoms with Crippen LogP contribution in [0.5, 0.6) is 0 Å². The van der Waals surface area contributed by atoms with Gasteiger partial charge in [0, 0.05) is 32.0 Å². The lowest BCUT2D eigenvalue weighted by atomic mass is 10.0. The van der Waals surface area contributed by atoms with E-state index < -0.39 is 0 Å². The van der Waals surface area contributed by atoms with Gasteiger partial charge in [-0.15, -0.1) is 0 Å². The number of halogens is 2. The Kier molecular flexibility index (Phi) is 6.91. The molecular formula is C16H23BrFNS2. The highest BCUT2D eigenvalue weighted by molar-refractivity contribution is 9.10. The maximum atomic E-state index is 13.6. The van der Waals surface area contributed by atoms with Gasteiger partial charge in [-0.05, 0) is 36.7 Å². The molecule has 1 aromatic rings. The normalized spacial score (nSPS) is 27.6. The summed E-state index contributed by atoms with van der Waals surface area (Å²) in [4.78, 5) is 0. The minimum Gasteiger partial charge on any atom is -0.313 e. The number of thioether (sulfide) groups is 2. The number of likely N-dealkylation sites (N-methyl/N-ethyl adjacent to an activating group) is 1. The van der Waals surface area contributed by atoms with Crippen LogP contribution in [0.2, 0.25) is 0 Å². The van der Waals surface area contributed by atoms with Crippen LogP contribution in [0, 0.1) is 5.82 Å². The van der Waals surface area contributed by atoms with Gasteiger partial charge in [-0.3, -0.25) is 0 Å². The Morgan fingerprint density at radius 2 is 2.10 bits per heavy atom. The lowest BCUT2D eigenvalue weighted by Crippen LogP contribution is -2.44. The molecule has 1 nitrogen and oxygen atoms in total. The quantitative estimate of drug-likeness (QED) is 0.778. The van der Waals surface area contributed by atoms with Crippen LogP contribution in [0.1, 0.15) is 26.3 Å². The smallest absolute Gasteiger partial charge is 0.124 e. The second-order valence-corrected chi connectivity index (χ2v) is 9.51. The zero-order valence-electron chi connectivity index (χ0n) is 12.7. The van der Waals surface area contributed by atoms with E-state index in [1.54, 1.807) is 6.07 Å². The van der Waals surface area contributed by atoms with Gasteiger partial charge in [0.1, 0.15) is 5.82 Å². The van der Waals surface area contributed by atoms with Crippen molar-refractivity contribution in [2.45, 2.75) is 49.0 Å². The molecule has 1 heterocycles. The Labute approximate surface area is 144 Å². The number of benzene rings is 1. The maximum Gasteiger partial charge on any atom is 0.124 e. The van der Waals surface area contributed by atoms with E-state index in [9.17, 15) is 4.39 Å². The maximum absolute atomic E-state index is 13.6. The third kappa shape index (κ3) is 5.15. The highest BCUT2D eigenvalue weighted by Gasteiger charge is 2.31. The predicted octanol–water partition coefficient (Wildman–Crippen LogP) is 4.73. The third-order valence-corrected chi connectivity index (χ3v) is 7.88. The summed E-state index contributed by atoms with van der Waals surface area (Å²) in [5, 5.41) is 5.58. The van der Waals surface area contributed by atoms with Gasteiger partial charge in [0.05, 0.1) is 0 Å². The molecule has 2 rings (SSSR count). The van der Waals surface area contributed by atoms with Gasteiger partial charge >= 0.3 is 0 Å². The van der Waals surface area contributed by atoms with Crippen LogP contribution in [0.4, 0.5) is 4.39 Å². The molecule has 4 unspecified atom stereocenters. The molecule has 21 heavy (non-hydrogen) atoms. The topological polar surface area (TPSA) is 12.0 Å². The van der Waals surface area contributed by atoms with E-state index in [4.69, 9.17) is 0 Å². The Balaban J connectivity index is 2.08. The molecule has 0 aromatic heterocycles. The third-order valence-electron chi connectivity index (χ3n) is 3.87. The molecule has 0 amide bonds. The summed E-state index contributed by atoms with van der Waals surface area (Å²) in [6.45, 7) is 7.72. The number of hydrogen-bond acceptors (Lipinski definition) is 3. The predicted molar refractivity (Wildman–Crippen MR) is 98.0 cm³/mol. The Bertz CT molecular complexity index is 451. The van der Waals surface area contributed by atoms with Crippen LogP contribution in [0.25, 0.3) is 0 Å². The summed E-state index contributed by atoms with van der Waals surface area (Å²) in [6.07, 6.45) is 0.878. The summed E-state index contributed by atoms with van der Waals surface area (Å²) in [5.41, 5.74) is 1.06. The monoisotopic (exact) mass is 391 g/mol. The van der Waals surface area contributed by atoms with Crippen molar-refractivity contribution in [1.82, 2.24) is 5.32 Å². The minimum absolute atomic E-state index is 0.165. The molecule has 1 saturated heterocycles. The molecule has 1 aromatic carbocycles. The molecule has 4 atom stereocenters. The molecule has 0 radical (unpaired) electrons.